The van der Waals surface area contributed by atoms with E-state index in [0.717, 1.165) is 72.3 Å². The molecule has 1 N–H and O–H groups in total. The number of amides is 1. The predicted octanol–water partition coefficient (Wildman–Crippen LogP) is 5.96. The molecular formula is C29H30Cl2N4O. The summed E-state index contributed by atoms with van der Waals surface area (Å²) in [5.74, 6) is 1.16. The summed E-state index contributed by atoms with van der Waals surface area (Å²) in [6, 6.07) is 24.0. The van der Waals surface area contributed by atoms with Gasteiger partial charge in [0.1, 0.15) is 5.82 Å². The highest BCUT2D eigenvalue weighted by atomic mass is 35.5. The van der Waals surface area contributed by atoms with Gasteiger partial charge in [-0.05, 0) is 73.3 Å². The summed E-state index contributed by atoms with van der Waals surface area (Å²) < 4.78 is 2.29. The molecule has 1 saturated heterocycles. The lowest BCUT2D eigenvalue weighted by Gasteiger charge is -2.31. The van der Waals surface area contributed by atoms with Crippen LogP contribution in [0.1, 0.15) is 29.8 Å². The minimum atomic E-state index is -0.00180. The van der Waals surface area contributed by atoms with Crippen molar-refractivity contribution in [1.82, 2.24) is 19.8 Å². The van der Waals surface area contributed by atoms with E-state index in [1.807, 2.05) is 42.5 Å². The average Bonchev–Trinajstić information content (AvgIpc) is 3.23. The number of hydrogen-bond donors (Lipinski definition) is 1. The molecule has 0 aliphatic carbocycles. The minimum Gasteiger partial charge on any atom is -0.355 e. The molecule has 36 heavy (non-hydrogen) atoms. The van der Waals surface area contributed by atoms with Crippen molar-refractivity contribution < 1.29 is 4.79 Å². The summed E-state index contributed by atoms with van der Waals surface area (Å²) in [6.45, 7) is 3.80. The number of nitrogens with zero attached hydrogens (tertiary/aromatic N) is 3. The van der Waals surface area contributed by atoms with Crippen LogP contribution in [0.3, 0.4) is 0 Å². The van der Waals surface area contributed by atoms with Gasteiger partial charge < -0.3 is 9.88 Å². The van der Waals surface area contributed by atoms with E-state index >= 15 is 0 Å². The molecule has 4 aromatic rings. The number of benzene rings is 3. The van der Waals surface area contributed by atoms with Crippen LogP contribution in [0.5, 0.6) is 0 Å². The fourth-order valence-electron chi connectivity index (χ4n) is 4.93. The summed E-state index contributed by atoms with van der Waals surface area (Å²) in [7, 11) is 0. The Kier molecular flexibility index (Phi) is 7.90. The van der Waals surface area contributed by atoms with Crippen LogP contribution in [0.2, 0.25) is 10.0 Å². The molecule has 1 aromatic heterocycles. The first kappa shape index (κ1) is 24.8. The highest BCUT2D eigenvalue weighted by molar-refractivity contribution is 6.30. The molecular weight excluding hydrogens is 491 g/mol. The normalized spacial score (nSPS) is 16.3. The van der Waals surface area contributed by atoms with Gasteiger partial charge in [0, 0.05) is 29.7 Å². The van der Waals surface area contributed by atoms with Gasteiger partial charge in [-0.25, -0.2) is 4.98 Å². The fraction of sp³-hybridized carbons (Fsp3) is 0.310. The molecule has 1 aliphatic heterocycles. The lowest BCUT2D eigenvalue weighted by Crippen LogP contribution is -2.43. The first-order valence-electron chi connectivity index (χ1n) is 12.5. The zero-order valence-electron chi connectivity index (χ0n) is 20.2. The Hall–Kier alpha value is -2.86. The molecule has 0 unspecified atom stereocenters. The Morgan fingerprint density at radius 1 is 0.917 bits per heavy atom. The minimum absolute atomic E-state index is 0.00180. The van der Waals surface area contributed by atoms with Gasteiger partial charge in [0.2, 0.25) is 5.91 Å². The second-order valence-corrected chi connectivity index (χ2v) is 10.3. The van der Waals surface area contributed by atoms with E-state index in [9.17, 15) is 4.79 Å². The standard InChI is InChI=1S/C29H30Cl2N4O/c30-24-11-7-21(8-12-24)15-16-32-29(36)23-4-3-17-34(19-23)20-28-33-26-5-1-2-6-27(26)35(28)18-22-9-13-25(31)14-10-22/h1-2,5-14,23H,3-4,15-20H2,(H,32,36)/t23-/m1/s1. The van der Waals surface area contributed by atoms with Gasteiger partial charge in [0.15, 0.2) is 0 Å². The van der Waals surface area contributed by atoms with Gasteiger partial charge >= 0.3 is 0 Å². The molecule has 0 saturated carbocycles. The molecule has 1 fully saturated rings. The molecule has 0 spiro atoms. The number of para-hydroxylation sites is 2. The summed E-state index contributed by atoms with van der Waals surface area (Å²) in [5.41, 5.74) is 4.47. The number of halogens is 2. The molecule has 1 aliphatic rings. The Bertz CT molecular complexity index is 1320. The van der Waals surface area contributed by atoms with Crippen LogP contribution in [0.25, 0.3) is 11.0 Å². The van der Waals surface area contributed by atoms with Crippen LogP contribution in [-0.2, 0) is 24.3 Å². The Labute approximate surface area is 222 Å². The van der Waals surface area contributed by atoms with Gasteiger partial charge in [-0.1, -0.05) is 59.6 Å². The number of nitrogens with one attached hydrogen (secondary N) is 1. The van der Waals surface area contributed by atoms with E-state index in [-0.39, 0.29) is 11.8 Å². The van der Waals surface area contributed by atoms with E-state index in [0.29, 0.717) is 6.54 Å². The summed E-state index contributed by atoms with van der Waals surface area (Å²) in [5, 5.41) is 4.60. The number of carbonyl (C=O) groups is 1. The van der Waals surface area contributed by atoms with E-state index in [1.165, 1.54) is 11.1 Å². The van der Waals surface area contributed by atoms with Crippen molar-refractivity contribution in [3.8, 4) is 0 Å². The van der Waals surface area contributed by atoms with Crippen molar-refractivity contribution >= 4 is 40.1 Å². The third kappa shape index (κ3) is 6.09. The first-order valence-corrected chi connectivity index (χ1v) is 13.2. The number of aromatic nitrogens is 2. The predicted molar refractivity (Wildman–Crippen MR) is 146 cm³/mol. The number of piperidine rings is 1. The molecule has 1 amide bonds. The first-order chi connectivity index (χ1) is 17.5. The summed E-state index contributed by atoms with van der Waals surface area (Å²) in [4.78, 5) is 20.3. The lowest BCUT2D eigenvalue weighted by atomic mass is 9.97. The lowest BCUT2D eigenvalue weighted by molar-refractivity contribution is -0.126. The van der Waals surface area contributed by atoms with Crippen LogP contribution in [0.15, 0.2) is 72.8 Å². The number of hydrogen-bond acceptors (Lipinski definition) is 3. The van der Waals surface area contributed by atoms with Crippen molar-refractivity contribution in [3.63, 3.8) is 0 Å². The van der Waals surface area contributed by atoms with Gasteiger partial charge in [-0.3, -0.25) is 9.69 Å². The number of likely N-dealkylation sites (tertiary alicyclic amines) is 1. The topological polar surface area (TPSA) is 50.2 Å². The van der Waals surface area contributed by atoms with Crippen LogP contribution >= 0.6 is 23.2 Å². The number of carbonyl (C=O) groups excluding carboxylic acids is 1. The average molecular weight is 521 g/mol. The van der Waals surface area contributed by atoms with Crippen molar-refractivity contribution in [3.05, 3.63) is 99.8 Å². The molecule has 186 valence electrons. The third-order valence-electron chi connectivity index (χ3n) is 6.86. The van der Waals surface area contributed by atoms with Crippen LogP contribution in [0, 0.1) is 5.92 Å². The van der Waals surface area contributed by atoms with E-state index in [2.05, 4.69) is 45.1 Å². The SMILES string of the molecule is O=C(NCCc1ccc(Cl)cc1)[C@@H]1CCCN(Cc2nc3ccccc3n2Cc2ccc(Cl)cc2)C1. The van der Waals surface area contributed by atoms with Gasteiger partial charge in [0.25, 0.3) is 0 Å². The van der Waals surface area contributed by atoms with Crippen molar-refractivity contribution in [2.75, 3.05) is 19.6 Å². The molecule has 1 atom stereocenters. The van der Waals surface area contributed by atoms with E-state index in [1.54, 1.807) is 0 Å². The van der Waals surface area contributed by atoms with Crippen LogP contribution in [-0.4, -0.2) is 40.0 Å². The summed E-state index contributed by atoms with van der Waals surface area (Å²) in [6.07, 6.45) is 2.73. The van der Waals surface area contributed by atoms with Gasteiger partial charge in [0.05, 0.1) is 23.5 Å². The number of rotatable bonds is 8. The molecule has 5 rings (SSSR count). The largest absolute Gasteiger partial charge is 0.355 e. The van der Waals surface area contributed by atoms with Gasteiger partial charge in [-0.2, -0.15) is 0 Å². The second-order valence-electron chi connectivity index (χ2n) is 9.47. The highest BCUT2D eigenvalue weighted by Crippen LogP contribution is 2.23. The molecule has 2 heterocycles. The molecule has 0 radical (unpaired) electrons. The molecule has 7 heteroatoms. The van der Waals surface area contributed by atoms with Crippen molar-refractivity contribution in [2.45, 2.75) is 32.4 Å². The third-order valence-corrected chi connectivity index (χ3v) is 7.36. The molecule has 5 nitrogen and oxygen atoms in total. The molecule has 3 aromatic carbocycles. The maximum Gasteiger partial charge on any atom is 0.224 e. The van der Waals surface area contributed by atoms with Crippen molar-refractivity contribution in [2.24, 2.45) is 5.92 Å². The smallest absolute Gasteiger partial charge is 0.224 e. The van der Waals surface area contributed by atoms with E-state index in [4.69, 9.17) is 28.2 Å². The molecule has 0 bridgehead atoms. The summed E-state index contributed by atoms with van der Waals surface area (Å²) >= 11 is 12.1. The maximum atomic E-state index is 12.9. The van der Waals surface area contributed by atoms with Crippen molar-refractivity contribution in [1.29, 1.82) is 0 Å². The zero-order valence-corrected chi connectivity index (χ0v) is 21.7. The second kappa shape index (κ2) is 11.5. The number of fused-ring (bicyclic) bond motifs is 1. The van der Waals surface area contributed by atoms with Gasteiger partial charge in [-0.15, -0.1) is 0 Å². The van der Waals surface area contributed by atoms with E-state index < -0.39 is 0 Å². The zero-order chi connectivity index (χ0) is 24.9. The van der Waals surface area contributed by atoms with Crippen LogP contribution in [0.4, 0.5) is 0 Å². The number of imidazole rings is 1. The highest BCUT2D eigenvalue weighted by Gasteiger charge is 2.26. The Balaban J connectivity index is 1.23. The fourth-order valence-corrected chi connectivity index (χ4v) is 5.19. The monoisotopic (exact) mass is 520 g/mol. The Morgan fingerprint density at radius 3 is 2.36 bits per heavy atom. The van der Waals surface area contributed by atoms with Crippen LogP contribution < -0.4 is 5.32 Å². The maximum absolute atomic E-state index is 12.9. The quantitative estimate of drug-likeness (QED) is 0.311. The Morgan fingerprint density at radius 2 is 1.61 bits per heavy atom.